The standard InChI is InChI=1S/C32H34F2O5S2/c1-31(2,3)37-27-18-13-19-28(38-32(4,5)6)30(27)40(24-14-9-7-10-15-24,25-16-11-8-12-17-25)39-41(35,36)29-21-20-23(33)22-26(29)34/h7-22H,1-6H3. The highest BCUT2D eigenvalue weighted by molar-refractivity contribution is 8.33. The van der Waals surface area contributed by atoms with Crippen LogP contribution in [0.3, 0.4) is 0 Å². The highest BCUT2D eigenvalue weighted by Crippen LogP contribution is 2.74. The van der Waals surface area contributed by atoms with E-state index in [1.807, 2.05) is 41.5 Å². The molecule has 0 unspecified atom stereocenters. The Morgan fingerprint density at radius 2 is 1.07 bits per heavy atom. The maximum absolute atomic E-state index is 15.0. The summed E-state index contributed by atoms with van der Waals surface area (Å²) in [6, 6.07) is 25.2. The fraction of sp³-hybridized carbons (Fsp3) is 0.250. The Balaban J connectivity index is 2.17. The monoisotopic (exact) mass is 600 g/mol. The van der Waals surface area contributed by atoms with Crippen molar-refractivity contribution in [3.05, 3.63) is 109 Å². The Labute approximate surface area is 242 Å². The zero-order chi connectivity index (χ0) is 30.1. The van der Waals surface area contributed by atoms with Gasteiger partial charge in [0, 0.05) is 15.9 Å². The van der Waals surface area contributed by atoms with Crippen LogP contribution in [0.4, 0.5) is 8.78 Å². The second-order valence-electron chi connectivity index (χ2n) is 11.3. The molecule has 4 aromatic carbocycles. The minimum atomic E-state index is -4.85. The number of hydrogen-bond acceptors (Lipinski definition) is 5. The molecule has 4 rings (SSSR count). The molecule has 218 valence electrons. The molecule has 0 aromatic heterocycles. The number of halogens is 2. The second-order valence-corrected chi connectivity index (χ2v) is 15.6. The summed E-state index contributed by atoms with van der Waals surface area (Å²) in [7, 11) is -8.12. The fourth-order valence-corrected chi connectivity index (χ4v) is 9.57. The molecule has 0 amide bonds. The molecule has 0 spiro atoms. The lowest BCUT2D eigenvalue weighted by Crippen LogP contribution is -2.27. The number of rotatable bonds is 8. The van der Waals surface area contributed by atoms with Gasteiger partial charge in [-0.1, -0.05) is 42.5 Å². The summed E-state index contributed by atoms with van der Waals surface area (Å²) >= 11 is 0. The molecule has 0 aliphatic carbocycles. The largest absolute Gasteiger partial charge is 0.487 e. The molecule has 0 atom stereocenters. The molecule has 0 saturated heterocycles. The zero-order valence-corrected chi connectivity index (χ0v) is 25.5. The van der Waals surface area contributed by atoms with Gasteiger partial charge < -0.3 is 9.47 Å². The van der Waals surface area contributed by atoms with Crippen LogP contribution in [0, 0.1) is 11.6 Å². The van der Waals surface area contributed by atoms with Crippen molar-refractivity contribution in [3.63, 3.8) is 0 Å². The summed E-state index contributed by atoms with van der Waals surface area (Å²) in [5.74, 6) is -1.48. The van der Waals surface area contributed by atoms with Crippen molar-refractivity contribution in [2.75, 3.05) is 0 Å². The van der Waals surface area contributed by atoms with Crippen LogP contribution >= 0.6 is 10.3 Å². The molecule has 0 aliphatic heterocycles. The average molecular weight is 601 g/mol. The summed E-state index contributed by atoms with van der Waals surface area (Å²) in [6.45, 7) is 11.3. The van der Waals surface area contributed by atoms with Gasteiger partial charge in [-0.2, -0.15) is 8.42 Å². The molecular formula is C32H34F2O5S2. The minimum Gasteiger partial charge on any atom is -0.487 e. The topological polar surface area (TPSA) is 61.8 Å². The predicted molar refractivity (Wildman–Crippen MR) is 157 cm³/mol. The van der Waals surface area contributed by atoms with Crippen LogP contribution < -0.4 is 9.47 Å². The Bertz CT molecular complexity index is 1540. The SMILES string of the molecule is CC(C)(C)Oc1cccc(OC(C)(C)C)c1S(OS(=O)(=O)c1ccc(F)cc1F)(c1ccccc1)c1ccccc1. The molecule has 0 heterocycles. The number of benzene rings is 4. The Hall–Kier alpha value is -3.40. The van der Waals surface area contributed by atoms with E-state index in [0.717, 1.165) is 12.1 Å². The summed E-state index contributed by atoms with van der Waals surface area (Å²) in [5.41, 5.74) is -1.37. The Morgan fingerprint density at radius 3 is 1.49 bits per heavy atom. The molecule has 5 nitrogen and oxygen atoms in total. The Kier molecular flexibility index (Phi) is 8.55. The maximum atomic E-state index is 15.0. The van der Waals surface area contributed by atoms with E-state index < -0.39 is 48.2 Å². The summed E-state index contributed by atoms with van der Waals surface area (Å²) in [5, 5.41) is 0. The van der Waals surface area contributed by atoms with Gasteiger partial charge in [0.25, 0.3) is 0 Å². The Morgan fingerprint density at radius 1 is 0.610 bits per heavy atom. The summed E-state index contributed by atoms with van der Waals surface area (Å²) < 4.78 is 76.1. The van der Waals surface area contributed by atoms with Crippen molar-refractivity contribution in [2.45, 2.75) is 72.3 Å². The van der Waals surface area contributed by atoms with E-state index in [0.29, 0.717) is 32.3 Å². The van der Waals surface area contributed by atoms with E-state index in [4.69, 9.17) is 13.1 Å². The first-order valence-corrected chi connectivity index (χ1v) is 15.9. The first kappa shape index (κ1) is 30.6. The van der Waals surface area contributed by atoms with E-state index in [9.17, 15) is 17.2 Å². The van der Waals surface area contributed by atoms with Gasteiger partial charge in [-0.05, 0) is 100 Å². The molecule has 9 heteroatoms. The minimum absolute atomic E-state index is 0.344. The van der Waals surface area contributed by atoms with Crippen LogP contribution in [0.1, 0.15) is 41.5 Å². The molecule has 4 aromatic rings. The van der Waals surface area contributed by atoms with Crippen molar-refractivity contribution >= 4 is 20.4 Å². The van der Waals surface area contributed by atoms with Gasteiger partial charge in [0.15, 0.2) is 0 Å². The maximum Gasteiger partial charge on any atom is 0.310 e. The molecule has 0 fully saturated rings. The first-order valence-electron chi connectivity index (χ1n) is 13.0. The summed E-state index contributed by atoms with van der Waals surface area (Å²) in [4.78, 5) is 0.575. The van der Waals surface area contributed by atoms with Crippen LogP contribution in [0.15, 0.2) is 117 Å². The van der Waals surface area contributed by atoms with Crippen molar-refractivity contribution in [3.8, 4) is 11.5 Å². The van der Waals surface area contributed by atoms with Crippen LogP contribution in [0.5, 0.6) is 11.5 Å². The molecule has 0 N–H and O–H groups in total. The fourth-order valence-electron chi connectivity index (χ4n) is 4.16. The molecule has 0 bridgehead atoms. The smallest absolute Gasteiger partial charge is 0.310 e. The third-order valence-electron chi connectivity index (χ3n) is 5.57. The number of hydrogen-bond donors (Lipinski definition) is 0. The van der Waals surface area contributed by atoms with Crippen molar-refractivity contribution in [1.82, 2.24) is 0 Å². The van der Waals surface area contributed by atoms with Gasteiger partial charge in [-0.15, -0.1) is 0 Å². The highest BCUT2D eigenvalue weighted by atomic mass is 32.3. The van der Waals surface area contributed by atoms with Crippen LogP contribution in [0.2, 0.25) is 0 Å². The van der Waals surface area contributed by atoms with Gasteiger partial charge >= 0.3 is 10.1 Å². The van der Waals surface area contributed by atoms with Crippen LogP contribution in [-0.4, -0.2) is 19.6 Å². The van der Waals surface area contributed by atoms with Gasteiger partial charge in [0.05, 0.1) is 0 Å². The van der Waals surface area contributed by atoms with E-state index in [2.05, 4.69) is 0 Å². The van der Waals surface area contributed by atoms with Gasteiger partial charge in [-0.3, -0.25) is 0 Å². The molecule has 0 aliphatic rings. The lowest BCUT2D eigenvalue weighted by atomic mass is 10.2. The van der Waals surface area contributed by atoms with Gasteiger partial charge in [-0.25, -0.2) is 12.4 Å². The quantitative estimate of drug-likeness (QED) is 0.202. The van der Waals surface area contributed by atoms with E-state index in [1.54, 1.807) is 78.9 Å². The van der Waals surface area contributed by atoms with Crippen LogP contribution in [0.25, 0.3) is 0 Å². The predicted octanol–water partition coefficient (Wildman–Crippen LogP) is 8.92. The lowest BCUT2D eigenvalue weighted by Gasteiger charge is -2.42. The summed E-state index contributed by atoms with van der Waals surface area (Å²) in [6.07, 6.45) is 0. The van der Waals surface area contributed by atoms with Crippen molar-refractivity contribution in [2.24, 2.45) is 0 Å². The third kappa shape index (κ3) is 6.92. The average Bonchev–Trinajstić information content (AvgIpc) is 2.87. The molecule has 0 saturated carbocycles. The van der Waals surface area contributed by atoms with E-state index >= 15 is 0 Å². The van der Waals surface area contributed by atoms with Gasteiger partial charge in [0.1, 0.15) is 44.1 Å². The van der Waals surface area contributed by atoms with Crippen LogP contribution in [-0.2, 0) is 13.7 Å². The zero-order valence-electron chi connectivity index (χ0n) is 23.9. The molecular weight excluding hydrogens is 566 g/mol. The van der Waals surface area contributed by atoms with Crippen molar-refractivity contribution < 1.29 is 30.3 Å². The van der Waals surface area contributed by atoms with E-state index in [-0.39, 0.29) is 0 Å². The third-order valence-corrected chi connectivity index (χ3v) is 10.8. The second kappa shape index (κ2) is 11.5. The normalized spacial score (nSPS) is 13.1. The van der Waals surface area contributed by atoms with E-state index in [1.165, 1.54) is 0 Å². The highest BCUT2D eigenvalue weighted by Gasteiger charge is 2.44. The molecule has 41 heavy (non-hydrogen) atoms. The van der Waals surface area contributed by atoms with Crippen molar-refractivity contribution in [1.29, 1.82) is 0 Å². The molecule has 0 radical (unpaired) electrons. The first-order chi connectivity index (χ1) is 19.1. The lowest BCUT2D eigenvalue weighted by molar-refractivity contribution is 0.113. The number of ether oxygens (including phenoxy) is 2. The van der Waals surface area contributed by atoms with Gasteiger partial charge in [0.2, 0.25) is 0 Å².